The average molecular weight is 357 g/mol. The zero-order valence-corrected chi connectivity index (χ0v) is 15.3. The van der Waals surface area contributed by atoms with Crippen LogP contribution in [0, 0.1) is 0 Å². The third kappa shape index (κ3) is 6.08. The molecule has 3 N–H and O–H groups in total. The van der Waals surface area contributed by atoms with Crippen molar-refractivity contribution in [2.45, 2.75) is 26.2 Å². The van der Waals surface area contributed by atoms with Crippen LogP contribution in [-0.2, 0) is 6.42 Å². The summed E-state index contributed by atoms with van der Waals surface area (Å²) in [5.74, 6) is 0.422. The maximum Gasteiger partial charge on any atom is 0.269 e. The minimum atomic E-state index is -0.276. The second-order valence-electron chi connectivity index (χ2n) is 5.56. The predicted molar refractivity (Wildman–Crippen MR) is 105 cm³/mol. The largest absolute Gasteiger partial charge is 0.497 e. The molecule has 0 heterocycles. The lowest BCUT2D eigenvalue weighted by molar-refractivity contribution is 0.0944. The van der Waals surface area contributed by atoms with E-state index in [0.29, 0.717) is 16.4 Å². The number of unbranched alkanes of at least 4 members (excludes halogenated alkanes) is 1. The van der Waals surface area contributed by atoms with E-state index in [1.807, 2.05) is 12.1 Å². The molecule has 0 atom stereocenters. The number of methoxy groups -OCH3 is 1. The smallest absolute Gasteiger partial charge is 0.269 e. The van der Waals surface area contributed by atoms with E-state index in [4.69, 9.17) is 17.0 Å². The van der Waals surface area contributed by atoms with Crippen LogP contribution in [0.4, 0.5) is 5.69 Å². The number of rotatable bonds is 6. The number of hydrogen-bond acceptors (Lipinski definition) is 3. The fraction of sp³-hybridized carbons (Fsp3) is 0.263. The summed E-state index contributed by atoms with van der Waals surface area (Å²) in [6.45, 7) is 2.18. The molecule has 0 aliphatic carbocycles. The van der Waals surface area contributed by atoms with Gasteiger partial charge in [0.1, 0.15) is 5.75 Å². The summed E-state index contributed by atoms with van der Waals surface area (Å²) in [5, 5.41) is 3.36. The molecule has 2 rings (SSSR count). The summed E-state index contributed by atoms with van der Waals surface area (Å²) in [4.78, 5) is 12.0. The van der Waals surface area contributed by atoms with Gasteiger partial charge in [-0.2, -0.15) is 0 Å². The van der Waals surface area contributed by atoms with Gasteiger partial charge in [-0.1, -0.05) is 25.5 Å². The Bertz CT molecular complexity index is 700. The summed E-state index contributed by atoms with van der Waals surface area (Å²) in [6.07, 6.45) is 3.45. The fourth-order valence-corrected chi connectivity index (χ4v) is 2.39. The zero-order valence-electron chi connectivity index (χ0n) is 14.5. The maximum absolute atomic E-state index is 12.0. The summed E-state index contributed by atoms with van der Waals surface area (Å²) in [5.41, 5.74) is 7.95. The monoisotopic (exact) mass is 357 g/mol. The third-order valence-corrected chi connectivity index (χ3v) is 3.88. The van der Waals surface area contributed by atoms with Crippen LogP contribution < -0.4 is 20.9 Å². The molecule has 6 heteroatoms. The Hall–Kier alpha value is -2.60. The molecule has 0 aliphatic rings. The van der Waals surface area contributed by atoms with Crippen molar-refractivity contribution >= 4 is 28.9 Å². The Morgan fingerprint density at radius 3 is 2.32 bits per heavy atom. The average Bonchev–Trinajstić information content (AvgIpc) is 2.65. The summed E-state index contributed by atoms with van der Waals surface area (Å²) >= 11 is 5.19. The molecule has 0 saturated carbocycles. The normalized spacial score (nSPS) is 10.0. The Morgan fingerprint density at radius 1 is 1.04 bits per heavy atom. The van der Waals surface area contributed by atoms with Gasteiger partial charge in [0.2, 0.25) is 0 Å². The van der Waals surface area contributed by atoms with Crippen LogP contribution in [0.25, 0.3) is 0 Å². The Balaban J connectivity index is 1.80. The molecule has 0 saturated heterocycles. The number of nitrogens with one attached hydrogen (secondary N) is 3. The number of benzene rings is 2. The molecule has 0 bridgehead atoms. The van der Waals surface area contributed by atoms with Crippen molar-refractivity contribution in [3.05, 3.63) is 59.7 Å². The number of anilines is 1. The second-order valence-corrected chi connectivity index (χ2v) is 5.97. The number of thiocarbonyl (C=S) groups is 1. The predicted octanol–water partition coefficient (Wildman–Crippen LogP) is 3.67. The highest BCUT2D eigenvalue weighted by molar-refractivity contribution is 7.80. The van der Waals surface area contributed by atoms with Gasteiger partial charge >= 0.3 is 0 Å². The first kappa shape index (κ1) is 18.7. The van der Waals surface area contributed by atoms with Gasteiger partial charge in [-0.05, 0) is 67.0 Å². The Morgan fingerprint density at radius 2 is 1.72 bits per heavy atom. The summed E-state index contributed by atoms with van der Waals surface area (Å²) < 4.78 is 5.07. The van der Waals surface area contributed by atoms with E-state index in [2.05, 4.69) is 35.2 Å². The lowest BCUT2D eigenvalue weighted by Gasteiger charge is -2.12. The standard InChI is InChI=1S/C19H23N3O2S/c1-3-4-5-14-6-10-16(11-7-14)20-19(25)22-21-18(23)15-8-12-17(24-2)13-9-15/h6-13H,3-5H2,1-2H3,(H,21,23)(H2,20,22,25). The molecular formula is C19H23N3O2S. The minimum Gasteiger partial charge on any atom is -0.497 e. The molecule has 2 aromatic carbocycles. The Kier molecular flexibility index (Phi) is 7.22. The molecule has 0 radical (unpaired) electrons. The number of hydrazine groups is 1. The van der Waals surface area contributed by atoms with Crippen molar-refractivity contribution in [2.75, 3.05) is 12.4 Å². The number of hydrogen-bond donors (Lipinski definition) is 3. The number of aryl methyl sites for hydroxylation is 1. The molecule has 5 nitrogen and oxygen atoms in total. The minimum absolute atomic E-state index is 0.276. The molecule has 0 aliphatic heterocycles. The van der Waals surface area contributed by atoms with Gasteiger partial charge in [-0.3, -0.25) is 15.6 Å². The van der Waals surface area contributed by atoms with Crippen LogP contribution in [0.1, 0.15) is 35.7 Å². The Labute approximate surface area is 153 Å². The van der Waals surface area contributed by atoms with Crippen molar-refractivity contribution in [3.8, 4) is 5.75 Å². The van der Waals surface area contributed by atoms with E-state index in [0.717, 1.165) is 12.1 Å². The number of carbonyl (C=O) groups is 1. The molecule has 2 aromatic rings. The zero-order chi connectivity index (χ0) is 18.1. The van der Waals surface area contributed by atoms with Crippen LogP contribution >= 0.6 is 12.2 Å². The molecule has 132 valence electrons. The third-order valence-electron chi connectivity index (χ3n) is 3.67. The van der Waals surface area contributed by atoms with E-state index < -0.39 is 0 Å². The molecule has 0 unspecified atom stereocenters. The lowest BCUT2D eigenvalue weighted by atomic mass is 10.1. The molecular weight excluding hydrogens is 334 g/mol. The van der Waals surface area contributed by atoms with E-state index >= 15 is 0 Å². The van der Waals surface area contributed by atoms with Crippen LogP contribution in [-0.4, -0.2) is 18.1 Å². The highest BCUT2D eigenvalue weighted by Gasteiger charge is 2.06. The van der Waals surface area contributed by atoms with Gasteiger partial charge in [0.05, 0.1) is 7.11 Å². The van der Waals surface area contributed by atoms with E-state index in [1.165, 1.54) is 18.4 Å². The number of ether oxygens (including phenoxy) is 1. The van der Waals surface area contributed by atoms with Gasteiger partial charge in [0.25, 0.3) is 5.91 Å². The van der Waals surface area contributed by atoms with Crippen molar-refractivity contribution < 1.29 is 9.53 Å². The van der Waals surface area contributed by atoms with Crippen LogP contribution in [0.2, 0.25) is 0 Å². The quantitative estimate of drug-likeness (QED) is 0.544. The van der Waals surface area contributed by atoms with Crippen LogP contribution in [0.5, 0.6) is 5.75 Å². The van der Waals surface area contributed by atoms with Crippen LogP contribution in [0.3, 0.4) is 0 Å². The van der Waals surface area contributed by atoms with Crippen molar-refractivity contribution in [3.63, 3.8) is 0 Å². The van der Waals surface area contributed by atoms with Gasteiger partial charge in [0.15, 0.2) is 5.11 Å². The van der Waals surface area contributed by atoms with Crippen molar-refractivity contribution in [1.82, 2.24) is 10.9 Å². The molecule has 25 heavy (non-hydrogen) atoms. The first-order valence-electron chi connectivity index (χ1n) is 8.22. The molecule has 1 amide bonds. The molecule has 0 fully saturated rings. The highest BCUT2D eigenvalue weighted by Crippen LogP contribution is 2.12. The van der Waals surface area contributed by atoms with Gasteiger partial charge in [-0.25, -0.2) is 0 Å². The number of carbonyl (C=O) groups excluding carboxylic acids is 1. The van der Waals surface area contributed by atoms with E-state index in [9.17, 15) is 4.79 Å². The van der Waals surface area contributed by atoms with E-state index in [1.54, 1.807) is 31.4 Å². The van der Waals surface area contributed by atoms with Gasteiger partial charge in [-0.15, -0.1) is 0 Å². The topological polar surface area (TPSA) is 62.4 Å². The summed E-state index contributed by atoms with van der Waals surface area (Å²) in [7, 11) is 1.58. The SMILES string of the molecule is CCCCc1ccc(NC(=S)NNC(=O)c2ccc(OC)cc2)cc1. The van der Waals surface area contributed by atoms with Gasteiger partial charge < -0.3 is 10.1 Å². The summed E-state index contributed by atoms with van der Waals surface area (Å²) in [6, 6.07) is 14.9. The van der Waals surface area contributed by atoms with Crippen LogP contribution in [0.15, 0.2) is 48.5 Å². The van der Waals surface area contributed by atoms with Crippen molar-refractivity contribution in [2.24, 2.45) is 0 Å². The molecule has 0 spiro atoms. The first-order chi connectivity index (χ1) is 12.1. The van der Waals surface area contributed by atoms with E-state index in [-0.39, 0.29) is 5.91 Å². The maximum atomic E-state index is 12.0. The lowest BCUT2D eigenvalue weighted by Crippen LogP contribution is -2.43. The first-order valence-corrected chi connectivity index (χ1v) is 8.63. The van der Waals surface area contributed by atoms with Gasteiger partial charge in [0, 0.05) is 11.3 Å². The fourth-order valence-electron chi connectivity index (χ4n) is 2.23. The highest BCUT2D eigenvalue weighted by atomic mass is 32.1. The second kappa shape index (κ2) is 9.64. The number of amides is 1. The van der Waals surface area contributed by atoms with Crippen molar-refractivity contribution in [1.29, 1.82) is 0 Å². The molecule has 0 aromatic heterocycles.